The first-order valence-electron chi connectivity index (χ1n) is 6.12. The molecule has 0 bridgehead atoms. The molecular formula is C14H14ClFN2O2S. The number of hydrogen-bond donors (Lipinski definition) is 1. The van der Waals surface area contributed by atoms with E-state index in [1.165, 1.54) is 31.3 Å². The summed E-state index contributed by atoms with van der Waals surface area (Å²) in [6.45, 7) is 0.144. The lowest BCUT2D eigenvalue weighted by molar-refractivity contribution is 0.579. The van der Waals surface area contributed by atoms with Crippen LogP contribution >= 0.6 is 11.6 Å². The summed E-state index contributed by atoms with van der Waals surface area (Å²) in [6, 6.07) is 12.1. The van der Waals surface area contributed by atoms with Crippen LogP contribution in [0.2, 0.25) is 5.02 Å². The van der Waals surface area contributed by atoms with Crippen molar-refractivity contribution < 1.29 is 12.8 Å². The van der Waals surface area contributed by atoms with Crippen LogP contribution in [0.4, 0.5) is 10.1 Å². The molecule has 2 aromatic carbocycles. The van der Waals surface area contributed by atoms with Gasteiger partial charge in [-0.05, 0) is 42.0 Å². The average Bonchev–Trinajstić information content (AvgIpc) is 2.47. The topological polar surface area (TPSA) is 49.4 Å². The van der Waals surface area contributed by atoms with Crippen molar-refractivity contribution in [2.75, 3.05) is 11.4 Å². The van der Waals surface area contributed by atoms with E-state index in [1.807, 2.05) is 0 Å². The minimum Gasteiger partial charge on any atom is -0.261 e. The van der Waals surface area contributed by atoms with Crippen LogP contribution in [0.3, 0.4) is 0 Å². The maximum absolute atomic E-state index is 12.9. The third-order valence-electron chi connectivity index (χ3n) is 2.92. The molecule has 0 spiro atoms. The maximum atomic E-state index is 12.9. The van der Waals surface area contributed by atoms with Gasteiger partial charge >= 0.3 is 10.2 Å². The fraction of sp³-hybridized carbons (Fsp3) is 0.143. The second kappa shape index (κ2) is 6.43. The molecule has 0 saturated heterocycles. The molecular weight excluding hydrogens is 315 g/mol. The summed E-state index contributed by atoms with van der Waals surface area (Å²) in [5.74, 6) is -0.418. The number of hydrogen-bond acceptors (Lipinski definition) is 2. The quantitative estimate of drug-likeness (QED) is 0.917. The highest BCUT2D eigenvalue weighted by Gasteiger charge is 2.17. The molecule has 2 aromatic rings. The second-order valence-corrected chi connectivity index (χ2v) is 6.62. The number of benzene rings is 2. The number of anilines is 1. The summed E-state index contributed by atoms with van der Waals surface area (Å²) in [7, 11) is -2.31. The molecule has 1 N–H and O–H groups in total. The van der Waals surface area contributed by atoms with Crippen molar-refractivity contribution in [2.45, 2.75) is 6.54 Å². The molecule has 7 heteroatoms. The van der Waals surface area contributed by atoms with E-state index in [2.05, 4.69) is 4.72 Å². The highest BCUT2D eigenvalue weighted by atomic mass is 35.5. The predicted octanol–water partition coefficient (Wildman–Crippen LogP) is 2.95. The molecule has 0 aliphatic rings. The molecule has 2 rings (SSSR count). The van der Waals surface area contributed by atoms with Crippen molar-refractivity contribution in [3.8, 4) is 0 Å². The van der Waals surface area contributed by atoms with Gasteiger partial charge in [-0.3, -0.25) is 4.31 Å². The summed E-state index contributed by atoms with van der Waals surface area (Å²) in [5.41, 5.74) is 1.16. The number of nitrogens with zero attached hydrogens (tertiary/aromatic N) is 1. The molecule has 0 fully saturated rings. The van der Waals surface area contributed by atoms with Gasteiger partial charge in [0.1, 0.15) is 5.82 Å². The highest BCUT2D eigenvalue weighted by molar-refractivity contribution is 7.90. The monoisotopic (exact) mass is 328 g/mol. The summed E-state index contributed by atoms with van der Waals surface area (Å²) in [6.07, 6.45) is 0. The van der Waals surface area contributed by atoms with E-state index in [1.54, 1.807) is 24.3 Å². The van der Waals surface area contributed by atoms with Crippen molar-refractivity contribution in [1.29, 1.82) is 0 Å². The molecule has 0 radical (unpaired) electrons. The fourth-order valence-corrected chi connectivity index (χ4v) is 2.73. The van der Waals surface area contributed by atoms with Gasteiger partial charge in [0, 0.05) is 18.6 Å². The fourth-order valence-electron chi connectivity index (χ4n) is 1.66. The van der Waals surface area contributed by atoms with E-state index in [9.17, 15) is 12.8 Å². The molecule has 0 amide bonds. The molecule has 4 nitrogen and oxygen atoms in total. The maximum Gasteiger partial charge on any atom is 0.301 e. The molecule has 0 aromatic heterocycles. The molecule has 112 valence electrons. The molecule has 0 aliphatic carbocycles. The van der Waals surface area contributed by atoms with Crippen LogP contribution in [-0.2, 0) is 16.8 Å². The summed E-state index contributed by atoms with van der Waals surface area (Å²) >= 11 is 5.77. The molecule has 0 aliphatic heterocycles. The first kappa shape index (κ1) is 15.8. The number of rotatable bonds is 5. The van der Waals surface area contributed by atoms with Crippen LogP contribution in [0.15, 0.2) is 48.5 Å². The van der Waals surface area contributed by atoms with Gasteiger partial charge in [0.2, 0.25) is 0 Å². The Balaban J connectivity index is 2.07. The van der Waals surface area contributed by atoms with Gasteiger partial charge in [-0.2, -0.15) is 13.1 Å². The van der Waals surface area contributed by atoms with Gasteiger partial charge < -0.3 is 0 Å². The van der Waals surface area contributed by atoms with Gasteiger partial charge in [-0.25, -0.2) is 4.39 Å². The zero-order valence-electron chi connectivity index (χ0n) is 11.3. The van der Waals surface area contributed by atoms with Crippen molar-refractivity contribution >= 4 is 27.5 Å². The van der Waals surface area contributed by atoms with Crippen molar-refractivity contribution in [1.82, 2.24) is 4.72 Å². The van der Waals surface area contributed by atoms with Gasteiger partial charge in [0.15, 0.2) is 0 Å². The van der Waals surface area contributed by atoms with Crippen LogP contribution in [0.25, 0.3) is 0 Å². The molecule has 0 atom stereocenters. The Bertz CT molecular complexity index is 703. The van der Waals surface area contributed by atoms with E-state index >= 15 is 0 Å². The third-order valence-corrected chi connectivity index (χ3v) is 4.62. The first-order chi connectivity index (χ1) is 9.88. The number of halogens is 2. The number of nitrogens with one attached hydrogen (secondary N) is 1. The Kier molecular flexibility index (Phi) is 4.82. The van der Waals surface area contributed by atoms with Crippen LogP contribution in [0.1, 0.15) is 5.56 Å². The summed E-state index contributed by atoms with van der Waals surface area (Å²) in [5, 5.41) is 0.588. The Morgan fingerprint density at radius 2 is 1.67 bits per heavy atom. The third kappa shape index (κ3) is 4.17. The van der Waals surface area contributed by atoms with Crippen LogP contribution in [-0.4, -0.2) is 15.5 Å². The zero-order chi connectivity index (χ0) is 15.5. The van der Waals surface area contributed by atoms with Crippen molar-refractivity contribution in [2.24, 2.45) is 0 Å². The predicted molar refractivity (Wildman–Crippen MR) is 82.0 cm³/mol. The Morgan fingerprint density at radius 3 is 2.24 bits per heavy atom. The largest absolute Gasteiger partial charge is 0.301 e. The molecule has 21 heavy (non-hydrogen) atoms. The molecule has 0 saturated carbocycles. The SMILES string of the molecule is CN(c1ccc(F)cc1)S(=O)(=O)NCc1ccc(Cl)cc1. The van der Waals surface area contributed by atoms with E-state index in [0.29, 0.717) is 10.7 Å². The van der Waals surface area contributed by atoms with Gasteiger partial charge in [-0.1, -0.05) is 23.7 Å². The molecule has 0 unspecified atom stereocenters. The molecule has 0 heterocycles. The lowest BCUT2D eigenvalue weighted by atomic mass is 10.2. The van der Waals surface area contributed by atoms with E-state index in [4.69, 9.17) is 11.6 Å². The van der Waals surface area contributed by atoms with Gasteiger partial charge in [0.05, 0.1) is 5.69 Å². The normalized spacial score (nSPS) is 11.4. The minimum atomic E-state index is -3.71. The van der Waals surface area contributed by atoms with Crippen LogP contribution in [0.5, 0.6) is 0 Å². The highest BCUT2D eigenvalue weighted by Crippen LogP contribution is 2.16. The average molecular weight is 329 g/mol. The Labute approximate surface area is 128 Å². The van der Waals surface area contributed by atoms with Crippen molar-refractivity contribution in [3.05, 3.63) is 64.9 Å². The second-order valence-electron chi connectivity index (χ2n) is 4.40. The van der Waals surface area contributed by atoms with Gasteiger partial charge in [0.25, 0.3) is 0 Å². The smallest absolute Gasteiger partial charge is 0.261 e. The van der Waals surface area contributed by atoms with E-state index in [0.717, 1.165) is 9.87 Å². The van der Waals surface area contributed by atoms with E-state index in [-0.39, 0.29) is 6.54 Å². The van der Waals surface area contributed by atoms with Gasteiger partial charge in [-0.15, -0.1) is 0 Å². The van der Waals surface area contributed by atoms with Crippen LogP contribution < -0.4 is 9.03 Å². The summed E-state index contributed by atoms with van der Waals surface area (Å²) < 4.78 is 40.7. The lowest BCUT2D eigenvalue weighted by Gasteiger charge is -2.19. The Hall–Kier alpha value is -1.63. The zero-order valence-corrected chi connectivity index (χ0v) is 12.8. The van der Waals surface area contributed by atoms with Crippen molar-refractivity contribution in [3.63, 3.8) is 0 Å². The standard InChI is InChI=1S/C14H14ClFN2O2S/c1-18(14-8-6-13(16)7-9-14)21(19,20)17-10-11-2-4-12(15)5-3-11/h2-9,17H,10H2,1H3. The first-order valence-corrected chi connectivity index (χ1v) is 7.94. The Morgan fingerprint density at radius 1 is 1.10 bits per heavy atom. The minimum absolute atomic E-state index is 0.144. The van der Waals surface area contributed by atoms with Crippen LogP contribution in [0, 0.1) is 5.82 Å². The summed E-state index contributed by atoms with van der Waals surface area (Å²) in [4.78, 5) is 0. The van der Waals surface area contributed by atoms with E-state index < -0.39 is 16.0 Å². The lowest BCUT2D eigenvalue weighted by Crippen LogP contribution is -2.37.